The van der Waals surface area contributed by atoms with Crippen molar-refractivity contribution in [3.8, 4) is 0 Å². The van der Waals surface area contributed by atoms with E-state index in [4.69, 9.17) is 11.5 Å². The maximum Gasteiger partial charge on any atom is 0.0148 e. The third-order valence-corrected chi connectivity index (χ3v) is 4.14. The molecule has 2 nitrogen and oxygen atoms in total. The molecule has 0 aromatic heterocycles. The van der Waals surface area contributed by atoms with Gasteiger partial charge in [-0.15, -0.1) is 0 Å². The molecule has 0 radical (unpaired) electrons. The number of benzene rings is 2. The van der Waals surface area contributed by atoms with Gasteiger partial charge in [-0.2, -0.15) is 0 Å². The van der Waals surface area contributed by atoms with E-state index in [2.05, 4.69) is 55.6 Å². The van der Waals surface area contributed by atoms with Crippen molar-refractivity contribution < 1.29 is 0 Å². The Hall–Kier alpha value is -2.16. The van der Waals surface area contributed by atoms with Crippen molar-refractivity contribution in [2.75, 3.05) is 13.1 Å². The lowest BCUT2D eigenvalue weighted by Crippen LogP contribution is -2.30. The van der Waals surface area contributed by atoms with Crippen molar-refractivity contribution in [3.63, 3.8) is 0 Å². The first-order valence-corrected chi connectivity index (χ1v) is 7.59. The van der Waals surface area contributed by atoms with E-state index in [-0.39, 0.29) is 11.8 Å². The molecule has 0 aliphatic rings. The molecule has 1 unspecified atom stereocenters. The smallest absolute Gasteiger partial charge is 0.0148 e. The van der Waals surface area contributed by atoms with Gasteiger partial charge in [0.05, 0.1) is 0 Å². The van der Waals surface area contributed by atoms with Crippen molar-refractivity contribution in [1.82, 2.24) is 0 Å². The molecular weight excluding hydrogens is 268 g/mol. The number of allylic oxidation sites excluding steroid dienone is 4. The fourth-order valence-corrected chi connectivity index (χ4v) is 3.03. The Labute approximate surface area is 132 Å². The normalized spacial score (nSPS) is 13.3. The molecule has 2 aromatic carbocycles. The van der Waals surface area contributed by atoms with Gasteiger partial charge in [0.25, 0.3) is 0 Å². The maximum atomic E-state index is 5.99. The van der Waals surface area contributed by atoms with Crippen LogP contribution in [0.3, 0.4) is 0 Å². The first kappa shape index (κ1) is 16.2. The quantitative estimate of drug-likeness (QED) is 0.764. The molecule has 114 valence electrons. The zero-order valence-corrected chi connectivity index (χ0v) is 12.9. The number of hydrogen-bond acceptors (Lipinski definition) is 2. The van der Waals surface area contributed by atoms with E-state index in [1.54, 1.807) is 6.08 Å². The monoisotopic (exact) mass is 292 g/mol. The van der Waals surface area contributed by atoms with Gasteiger partial charge in [0.2, 0.25) is 0 Å². The minimum Gasteiger partial charge on any atom is -0.330 e. The Morgan fingerprint density at radius 3 is 2.32 bits per heavy atom. The highest BCUT2D eigenvalue weighted by molar-refractivity contribution is 5.86. The molecule has 22 heavy (non-hydrogen) atoms. The fourth-order valence-electron chi connectivity index (χ4n) is 3.03. The topological polar surface area (TPSA) is 52.0 Å². The Morgan fingerprint density at radius 1 is 1.00 bits per heavy atom. The van der Waals surface area contributed by atoms with Crippen molar-refractivity contribution in [2.24, 2.45) is 17.4 Å². The van der Waals surface area contributed by atoms with Gasteiger partial charge >= 0.3 is 0 Å². The molecule has 2 rings (SSSR count). The van der Waals surface area contributed by atoms with Gasteiger partial charge in [-0.1, -0.05) is 73.9 Å². The average Bonchev–Trinajstić information content (AvgIpc) is 2.57. The van der Waals surface area contributed by atoms with E-state index < -0.39 is 0 Å². The van der Waals surface area contributed by atoms with Crippen molar-refractivity contribution in [2.45, 2.75) is 5.92 Å². The Morgan fingerprint density at radius 2 is 1.68 bits per heavy atom. The SMILES string of the molecule is C=C/C=C(\C=C)C(c1cccc2ccccc12)C(CN)CN. The van der Waals surface area contributed by atoms with Crippen molar-refractivity contribution >= 4 is 10.8 Å². The predicted molar refractivity (Wildman–Crippen MR) is 96.8 cm³/mol. The summed E-state index contributed by atoms with van der Waals surface area (Å²) in [4.78, 5) is 0. The minimum absolute atomic E-state index is 0.122. The molecule has 0 saturated heterocycles. The van der Waals surface area contributed by atoms with Gasteiger partial charge in [-0.25, -0.2) is 0 Å². The highest BCUT2D eigenvalue weighted by Gasteiger charge is 2.24. The number of hydrogen-bond donors (Lipinski definition) is 2. The first-order valence-electron chi connectivity index (χ1n) is 7.59. The second-order valence-electron chi connectivity index (χ2n) is 5.38. The summed E-state index contributed by atoms with van der Waals surface area (Å²) in [6.45, 7) is 8.84. The lowest BCUT2D eigenvalue weighted by atomic mass is 9.78. The molecule has 0 aliphatic carbocycles. The number of nitrogens with two attached hydrogens (primary N) is 2. The summed E-state index contributed by atoms with van der Waals surface area (Å²) in [5.41, 5.74) is 14.3. The standard InChI is InChI=1S/C20H24N2/c1-3-8-15(4-2)20(17(13-21)14-22)19-12-7-10-16-9-5-6-11-18(16)19/h3-12,17,20H,1-2,13-14,21-22H2/b15-8+. The minimum atomic E-state index is 0.122. The van der Waals surface area contributed by atoms with Crippen LogP contribution in [-0.2, 0) is 0 Å². The van der Waals surface area contributed by atoms with Gasteiger partial charge < -0.3 is 11.5 Å². The Balaban J connectivity index is 2.68. The lowest BCUT2D eigenvalue weighted by Gasteiger charge is -2.28. The molecule has 0 heterocycles. The zero-order chi connectivity index (χ0) is 15.9. The van der Waals surface area contributed by atoms with E-state index in [1.807, 2.05) is 12.2 Å². The molecule has 1 atom stereocenters. The molecule has 0 bridgehead atoms. The largest absolute Gasteiger partial charge is 0.330 e. The van der Waals surface area contributed by atoms with Crippen LogP contribution in [0.4, 0.5) is 0 Å². The predicted octanol–water partition coefficient (Wildman–Crippen LogP) is 3.76. The van der Waals surface area contributed by atoms with Gasteiger partial charge in [-0.3, -0.25) is 0 Å². The van der Waals surface area contributed by atoms with E-state index in [1.165, 1.54) is 16.3 Å². The van der Waals surface area contributed by atoms with Crippen LogP contribution in [0.5, 0.6) is 0 Å². The molecular formula is C20H24N2. The first-order chi connectivity index (χ1) is 10.8. The van der Waals surface area contributed by atoms with Crippen LogP contribution in [0, 0.1) is 5.92 Å². The summed E-state index contributed by atoms with van der Waals surface area (Å²) in [6, 6.07) is 14.8. The van der Waals surface area contributed by atoms with Crippen molar-refractivity contribution in [1.29, 1.82) is 0 Å². The second-order valence-corrected chi connectivity index (χ2v) is 5.38. The summed E-state index contributed by atoms with van der Waals surface area (Å²) in [7, 11) is 0. The molecule has 0 amide bonds. The fraction of sp³-hybridized carbons (Fsp3) is 0.200. The van der Waals surface area contributed by atoms with Crippen LogP contribution < -0.4 is 11.5 Å². The van der Waals surface area contributed by atoms with E-state index in [0.717, 1.165) is 5.57 Å². The van der Waals surface area contributed by atoms with Crippen LogP contribution in [0.1, 0.15) is 11.5 Å². The third kappa shape index (κ3) is 3.19. The summed E-state index contributed by atoms with van der Waals surface area (Å²) < 4.78 is 0. The summed E-state index contributed by atoms with van der Waals surface area (Å²) >= 11 is 0. The van der Waals surface area contributed by atoms with Gasteiger partial charge in [0.15, 0.2) is 0 Å². The van der Waals surface area contributed by atoms with Crippen LogP contribution in [-0.4, -0.2) is 13.1 Å². The van der Waals surface area contributed by atoms with Crippen LogP contribution in [0.15, 0.2) is 79.4 Å². The molecule has 0 aliphatic heterocycles. The summed E-state index contributed by atoms with van der Waals surface area (Å²) in [6.07, 6.45) is 5.67. The molecule has 2 heteroatoms. The van der Waals surface area contributed by atoms with Crippen LogP contribution >= 0.6 is 0 Å². The highest BCUT2D eigenvalue weighted by Crippen LogP contribution is 2.36. The number of rotatable bonds is 7. The Kier molecular flexibility index (Phi) is 5.70. The molecule has 0 fully saturated rings. The summed E-state index contributed by atoms with van der Waals surface area (Å²) in [5.74, 6) is 0.284. The zero-order valence-electron chi connectivity index (χ0n) is 12.9. The second kappa shape index (κ2) is 7.74. The van der Waals surface area contributed by atoms with Gasteiger partial charge in [-0.05, 0) is 40.9 Å². The highest BCUT2D eigenvalue weighted by atomic mass is 14.6. The van der Waals surface area contributed by atoms with E-state index in [0.29, 0.717) is 13.1 Å². The van der Waals surface area contributed by atoms with Gasteiger partial charge in [0.1, 0.15) is 0 Å². The lowest BCUT2D eigenvalue weighted by molar-refractivity contribution is 0.490. The van der Waals surface area contributed by atoms with E-state index >= 15 is 0 Å². The van der Waals surface area contributed by atoms with Crippen molar-refractivity contribution in [3.05, 3.63) is 85.0 Å². The van der Waals surface area contributed by atoms with E-state index in [9.17, 15) is 0 Å². The average molecular weight is 292 g/mol. The van der Waals surface area contributed by atoms with Crippen LogP contribution in [0.2, 0.25) is 0 Å². The number of fused-ring (bicyclic) bond motifs is 1. The molecule has 0 spiro atoms. The third-order valence-electron chi connectivity index (χ3n) is 4.14. The van der Waals surface area contributed by atoms with Crippen LogP contribution in [0.25, 0.3) is 10.8 Å². The van der Waals surface area contributed by atoms with Gasteiger partial charge in [0, 0.05) is 5.92 Å². The molecule has 4 N–H and O–H groups in total. The Bertz CT molecular complexity index is 676. The molecule has 0 saturated carbocycles. The molecule has 2 aromatic rings. The summed E-state index contributed by atoms with van der Waals surface area (Å²) in [5, 5.41) is 2.46. The maximum absolute atomic E-state index is 5.99.